The van der Waals surface area contributed by atoms with Crippen LogP contribution in [0.2, 0.25) is 0 Å². The second-order valence-electron chi connectivity index (χ2n) is 8.82. The van der Waals surface area contributed by atoms with Gasteiger partial charge < -0.3 is 24.4 Å². The molecule has 1 atom stereocenters. The molecule has 0 saturated carbocycles. The molecule has 3 heterocycles. The van der Waals surface area contributed by atoms with Crippen molar-refractivity contribution in [2.75, 3.05) is 32.3 Å². The Morgan fingerprint density at radius 2 is 1.88 bits per heavy atom. The van der Waals surface area contributed by atoms with E-state index in [0.717, 1.165) is 48.9 Å². The van der Waals surface area contributed by atoms with Crippen LogP contribution in [-0.2, 0) is 12.8 Å². The Balaban J connectivity index is 1.37. The van der Waals surface area contributed by atoms with Gasteiger partial charge in [0.1, 0.15) is 5.75 Å². The summed E-state index contributed by atoms with van der Waals surface area (Å²) in [4.78, 5) is 2.51. The van der Waals surface area contributed by atoms with Crippen molar-refractivity contribution in [1.82, 2.24) is 4.90 Å². The lowest BCUT2D eigenvalue weighted by atomic mass is 9.86. The third-order valence-corrected chi connectivity index (χ3v) is 7.00. The van der Waals surface area contributed by atoms with E-state index in [1.807, 2.05) is 0 Å². The van der Waals surface area contributed by atoms with Gasteiger partial charge in [0.25, 0.3) is 0 Å². The van der Waals surface area contributed by atoms with Crippen molar-refractivity contribution in [3.8, 4) is 17.2 Å². The smallest absolute Gasteiger partial charge is 0.231 e. The average Bonchev–Trinajstić information content (AvgIpc) is 3.31. The predicted octanol–water partition coefficient (Wildman–Crippen LogP) is 5.51. The molecule has 6 rings (SSSR count). The molecule has 1 unspecified atom stereocenters. The highest BCUT2D eigenvalue weighted by molar-refractivity contribution is 5.89. The highest BCUT2D eigenvalue weighted by Gasteiger charge is 2.34. The quantitative estimate of drug-likeness (QED) is 0.567. The zero-order valence-electron chi connectivity index (χ0n) is 19.1. The normalized spacial score (nSPS) is 17.6. The van der Waals surface area contributed by atoms with E-state index < -0.39 is 0 Å². The number of nitrogens with one attached hydrogen (secondary N) is 1. The summed E-state index contributed by atoms with van der Waals surface area (Å²) in [7, 11) is 1.75. The van der Waals surface area contributed by atoms with Crippen molar-refractivity contribution in [1.29, 1.82) is 0 Å². The van der Waals surface area contributed by atoms with Crippen molar-refractivity contribution >= 4 is 17.5 Å². The van der Waals surface area contributed by atoms with Gasteiger partial charge >= 0.3 is 0 Å². The maximum Gasteiger partial charge on any atom is 0.231 e. The van der Waals surface area contributed by atoms with Crippen LogP contribution in [0, 0.1) is 0 Å². The van der Waals surface area contributed by atoms with E-state index in [4.69, 9.17) is 14.2 Å². The third kappa shape index (κ3) is 3.39. The maximum atomic E-state index is 5.77. The summed E-state index contributed by atoms with van der Waals surface area (Å²) in [6.45, 7) is 4.43. The summed E-state index contributed by atoms with van der Waals surface area (Å²) in [6, 6.07) is 19.4. The van der Waals surface area contributed by atoms with Gasteiger partial charge in [-0.2, -0.15) is 0 Å². The number of anilines is 1. The van der Waals surface area contributed by atoms with Crippen LogP contribution in [0.15, 0.2) is 54.6 Å². The number of rotatable bonds is 5. The number of benzene rings is 3. The highest BCUT2D eigenvalue weighted by atomic mass is 16.7. The van der Waals surface area contributed by atoms with E-state index in [0.29, 0.717) is 6.79 Å². The average molecular weight is 441 g/mol. The van der Waals surface area contributed by atoms with Crippen molar-refractivity contribution in [2.24, 2.45) is 0 Å². The Morgan fingerprint density at radius 1 is 1.06 bits per heavy atom. The fourth-order valence-electron chi connectivity index (χ4n) is 5.33. The van der Waals surface area contributed by atoms with Crippen LogP contribution in [0.5, 0.6) is 17.2 Å². The Labute approximate surface area is 194 Å². The van der Waals surface area contributed by atoms with E-state index in [-0.39, 0.29) is 6.04 Å². The van der Waals surface area contributed by atoms with Crippen molar-refractivity contribution < 1.29 is 14.2 Å². The lowest BCUT2D eigenvalue weighted by molar-refractivity contribution is 0.174. The van der Waals surface area contributed by atoms with E-state index in [1.54, 1.807) is 7.11 Å². The van der Waals surface area contributed by atoms with Crippen LogP contribution in [0.25, 0.3) is 11.8 Å². The summed E-state index contributed by atoms with van der Waals surface area (Å²) in [5.41, 5.74) is 8.80. The van der Waals surface area contributed by atoms with Gasteiger partial charge in [0.05, 0.1) is 18.8 Å². The summed E-state index contributed by atoms with van der Waals surface area (Å²) in [5.74, 6) is 2.60. The van der Waals surface area contributed by atoms with Gasteiger partial charge in [0.2, 0.25) is 6.79 Å². The van der Waals surface area contributed by atoms with Gasteiger partial charge in [-0.1, -0.05) is 36.4 Å². The number of fused-ring (bicyclic) bond motifs is 5. The molecule has 0 radical (unpaired) electrons. The lowest BCUT2D eigenvalue weighted by Gasteiger charge is -2.42. The Bertz CT molecular complexity index is 1240. The van der Waals surface area contributed by atoms with E-state index in [1.165, 1.54) is 33.5 Å². The van der Waals surface area contributed by atoms with Gasteiger partial charge in [0.15, 0.2) is 11.5 Å². The fourth-order valence-corrected chi connectivity index (χ4v) is 5.33. The zero-order chi connectivity index (χ0) is 22.4. The topological polar surface area (TPSA) is 43.0 Å². The minimum atomic E-state index is 0.230. The van der Waals surface area contributed by atoms with Crippen LogP contribution in [0.1, 0.15) is 40.8 Å². The van der Waals surface area contributed by atoms with Gasteiger partial charge in [0, 0.05) is 29.9 Å². The first-order valence-corrected chi connectivity index (χ1v) is 11.6. The van der Waals surface area contributed by atoms with Gasteiger partial charge in [-0.25, -0.2) is 0 Å². The Kier molecular flexibility index (Phi) is 4.90. The molecule has 0 aliphatic carbocycles. The Morgan fingerprint density at radius 3 is 2.70 bits per heavy atom. The molecule has 0 fully saturated rings. The molecule has 33 heavy (non-hydrogen) atoms. The third-order valence-electron chi connectivity index (χ3n) is 7.00. The van der Waals surface area contributed by atoms with Crippen LogP contribution in [-0.4, -0.2) is 31.9 Å². The molecule has 3 aliphatic heterocycles. The van der Waals surface area contributed by atoms with E-state index >= 15 is 0 Å². The van der Waals surface area contributed by atoms with E-state index in [9.17, 15) is 0 Å². The summed E-state index contributed by atoms with van der Waals surface area (Å²) >= 11 is 0. The van der Waals surface area contributed by atoms with Crippen molar-refractivity contribution in [2.45, 2.75) is 25.8 Å². The predicted molar refractivity (Wildman–Crippen MR) is 131 cm³/mol. The SMILES string of the molecule is COc1ccc2c(c1NCCc1ccccc1)C(C)N1CCc3cc4c(cc3C1=C2)OCO4. The molecule has 1 N–H and O–H groups in total. The molecular formula is C28H28N2O3. The second kappa shape index (κ2) is 8.07. The number of hydrogen-bond donors (Lipinski definition) is 1. The summed E-state index contributed by atoms with van der Waals surface area (Å²) in [6.07, 6.45) is 4.27. The first kappa shape index (κ1) is 20.0. The molecular weight excluding hydrogens is 412 g/mol. The van der Waals surface area contributed by atoms with Crippen LogP contribution < -0.4 is 19.5 Å². The number of ether oxygens (including phenoxy) is 3. The first-order valence-electron chi connectivity index (χ1n) is 11.6. The summed E-state index contributed by atoms with van der Waals surface area (Å²) < 4.78 is 17.1. The van der Waals surface area contributed by atoms with Crippen LogP contribution in [0.4, 0.5) is 5.69 Å². The Hall–Kier alpha value is -3.60. The molecule has 5 nitrogen and oxygen atoms in total. The van der Waals surface area contributed by atoms with Crippen molar-refractivity contribution in [3.63, 3.8) is 0 Å². The fraction of sp³-hybridized carbons (Fsp3) is 0.286. The molecule has 0 saturated heterocycles. The van der Waals surface area contributed by atoms with Crippen LogP contribution in [0.3, 0.4) is 0 Å². The van der Waals surface area contributed by atoms with E-state index in [2.05, 4.69) is 77.8 Å². The molecule has 0 amide bonds. The maximum absolute atomic E-state index is 5.77. The zero-order valence-corrected chi connectivity index (χ0v) is 19.1. The molecule has 0 aromatic heterocycles. The van der Waals surface area contributed by atoms with Crippen molar-refractivity contribution in [3.05, 3.63) is 82.4 Å². The molecule has 3 aromatic rings. The highest BCUT2D eigenvalue weighted by Crippen LogP contribution is 2.48. The first-order chi connectivity index (χ1) is 16.2. The molecule has 3 aliphatic rings. The molecule has 0 bridgehead atoms. The minimum absolute atomic E-state index is 0.230. The molecule has 3 aromatic carbocycles. The van der Waals surface area contributed by atoms with Gasteiger partial charge in [-0.3, -0.25) is 0 Å². The molecule has 0 spiro atoms. The monoisotopic (exact) mass is 440 g/mol. The number of nitrogens with zero attached hydrogens (tertiary/aromatic N) is 1. The lowest BCUT2D eigenvalue weighted by Crippen LogP contribution is -2.34. The van der Waals surface area contributed by atoms with Gasteiger partial charge in [-0.15, -0.1) is 0 Å². The number of methoxy groups -OCH3 is 1. The van der Waals surface area contributed by atoms with Crippen LogP contribution >= 0.6 is 0 Å². The van der Waals surface area contributed by atoms with Gasteiger partial charge in [-0.05, 0) is 60.7 Å². The summed E-state index contributed by atoms with van der Waals surface area (Å²) in [5, 5.41) is 3.70. The molecule has 168 valence electrons. The molecule has 5 heteroatoms. The second-order valence-corrected chi connectivity index (χ2v) is 8.82. The number of hydrogen-bond acceptors (Lipinski definition) is 5. The largest absolute Gasteiger partial charge is 0.495 e. The standard InChI is InChI=1S/C28H28N2O3/c1-18-27-21(8-9-24(31-2)28(27)29-12-10-19-6-4-3-5-7-19)14-23-22-16-26-25(32-17-33-26)15-20(22)11-13-30(18)23/h3-9,14-16,18,29H,10-13,17H2,1-2H3. The minimum Gasteiger partial charge on any atom is -0.495 e.